The van der Waals surface area contributed by atoms with E-state index in [1.807, 2.05) is 6.92 Å². The lowest BCUT2D eigenvalue weighted by molar-refractivity contribution is -0.496. The van der Waals surface area contributed by atoms with Gasteiger partial charge in [0, 0.05) is 41.4 Å². The number of hydrogen-bond donors (Lipinski definition) is 2. The average Bonchev–Trinajstić information content (AvgIpc) is 3.25. The fraction of sp³-hybridized carbons (Fsp3) is 0.429. The lowest BCUT2D eigenvalue weighted by atomic mass is 9.77. The van der Waals surface area contributed by atoms with Crippen LogP contribution in [0.25, 0.3) is 11.1 Å². The maximum absolute atomic E-state index is 13.3. The monoisotopic (exact) mass is 425 g/mol. The summed E-state index contributed by atoms with van der Waals surface area (Å²) in [4.78, 5) is 52.6. The second-order valence-electron chi connectivity index (χ2n) is 7.82. The highest BCUT2D eigenvalue weighted by atomic mass is 16.6. The number of nitrogens with two attached hydrogens (primary N) is 1. The zero-order valence-electron chi connectivity index (χ0n) is 17.1. The number of likely N-dealkylation sites (tertiary alicyclic amines) is 1. The van der Waals surface area contributed by atoms with Crippen LogP contribution < -0.4 is 11.1 Å². The number of nitro groups is 1. The number of nitrogens with zero attached hydrogens (tertiary/aromatic N) is 3. The van der Waals surface area contributed by atoms with E-state index in [0.29, 0.717) is 18.8 Å². The van der Waals surface area contributed by atoms with E-state index in [1.165, 1.54) is 6.07 Å². The van der Waals surface area contributed by atoms with Gasteiger partial charge in [-0.2, -0.15) is 0 Å². The first-order chi connectivity index (χ1) is 14.9. The van der Waals surface area contributed by atoms with Crippen LogP contribution in [0.2, 0.25) is 0 Å². The lowest BCUT2D eigenvalue weighted by Crippen LogP contribution is -2.48. The van der Waals surface area contributed by atoms with Gasteiger partial charge in [0.2, 0.25) is 0 Å². The molecule has 1 fully saturated rings. The van der Waals surface area contributed by atoms with Crippen molar-refractivity contribution in [3.8, 4) is 0 Å². The SMILES string of the molecule is CCNc1cc2c3c(c1)C(=C=O)C([N+](=O)[O-])C(N)=C3C(=O)N(CCN1CCCC1)C2=O. The average molecular weight is 425 g/mol. The molecule has 1 aliphatic carbocycles. The maximum Gasteiger partial charge on any atom is 0.288 e. The molecule has 10 nitrogen and oxygen atoms in total. The van der Waals surface area contributed by atoms with Crippen molar-refractivity contribution in [2.24, 2.45) is 5.73 Å². The van der Waals surface area contributed by atoms with E-state index in [-0.39, 0.29) is 40.1 Å². The Kier molecular flexibility index (Phi) is 5.34. The second-order valence-corrected chi connectivity index (χ2v) is 7.82. The predicted molar refractivity (Wildman–Crippen MR) is 113 cm³/mol. The first kappa shape index (κ1) is 20.8. The van der Waals surface area contributed by atoms with Gasteiger partial charge in [-0.05, 0) is 45.0 Å². The van der Waals surface area contributed by atoms with Gasteiger partial charge in [0.1, 0.15) is 17.2 Å². The van der Waals surface area contributed by atoms with Crippen LogP contribution >= 0.6 is 0 Å². The molecule has 2 heterocycles. The first-order valence-corrected chi connectivity index (χ1v) is 10.3. The number of carbonyl (C=O) groups is 2. The van der Waals surface area contributed by atoms with Crippen molar-refractivity contribution in [2.45, 2.75) is 25.8 Å². The van der Waals surface area contributed by atoms with Crippen molar-refractivity contribution < 1.29 is 19.3 Å². The Morgan fingerprint density at radius 2 is 1.87 bits per heavy atom. The van der Waals surface area contributed by atoms with E-state index >= 15 is 0 Å². The molecule has 0 radical (unpaired) electrons. The highest BCUT2D eigenvalue weighted by Crippen LogP contribution is 2.43. The molecule has 0 spiro atoms. The minimum Gasteiger partial charge on any atom is -0.395 e. The van der Waals surface area contributed by atoms with Crippen LogP contribution in [-0.4, -0.2) is 71.2 Å². The number of hydrogen-bond acceptors (Lipinski definition) is 8. The van der Waals surface area contributed by atoms with Gasteiger partial charge in [-0.15, -0.1) is 0 Å². The normalized spacial score (nSPS) is 20.7. The Morgan fingerprint density at radius 3 is 2.48 bits per heavy atom. The molecule has 0 bridgehead atoms. The van der Waals surface area contributed by atoms with Gasteiger partial charge >= 0.3 is 0 Å². The summed E-state index contributed by atoms with van der Waals surface area (Å²) in [6, 6.07) is 1.44. The molecule has 1 unspecified atom stereocenters. The van der Waals surface area contributed by atoms with Gasteiger partial charge < -0.3 is 16.0 Å². The van der Waals surface area contributed by atoms with Gasteiger partial charge in [0.15, 0.2) is 0 Å². The molecule has 162 valence electrons. The molecule has 1 saturated heterocycles. The Labute approximate surface area is 178 Å². The van der Waals surface area contributed by atoms with Crippen LogP contribution in [0.4, 0.5) is 5.69 Å². The number of benzene rings is 1. The van der Waals surface area contributed by atoms with Gasteiger partial charge in [-0.3, -0.25) is 24.6 Å². The predicted octanol–water partition coefficient (Wildman–Crippen LogP) is 0.740. The number of amides is 2. The van der Waals surface area contributed by atoms with E-state index in [4.69, 9.17) is 5.73 Å². The van der Waals surface area contributed by atoms with Crippen LogP contribution in [0.15, 0.2) is 17.8 Å². The molecule has 4 rings (SSSR count). The summed E-state index contributed by atoms with van der Waals surface area (Å²) in [5.41, 5.74) is 6.44. The molecule has 1 aromatic rings. The fourth-order valence-corrected chi connectivity index (χ4v) is 4.57. The molecule has 3 aliphatic rings. The summed E-state index contributed by atoms with van der Waals surface area (Å²) >= 11 is 0. The van der Waals surface area contributed by atoms with Crippen molar-refractivity contribution >= 4 is 34.6 Å². The summed E-state index contributed by atoms with van der Waals surface area (Å²) in [6.07, 6.45) is 2.15. The topological polar surface area (TPSA) is 139 Å². The van der Waals surface area contributed by atoms with Gasteiger partial charge in [0.25, 0.3) is 17.9 Å². The number of anilines is 1. The molecule has 0 aromatic heterocycles. The molecule has 0 saturated carbocycles. The molecule has 1 aromatic carbocycles. The van der Waals surface area contributed by atoms with E-state index < -0.39 is 22.8 Å². The standard InChI is InChI=1S/C21H23N5O5/c1-2-23-12-9-13-15(11-27)19(26(30)31)18(22)17-16(13)14(10-12)20(28)25(21(17)29)8-7-24-5-3-4-6-24/h9-10,19,23H,2-8,22H2,1H3. The zero-order valence-corrected chi connectivity index (χ0v) is 17.1. The molecule has 10 heteroatoms. The van der Waals surface area contributed by atoms with Crippen molar-refractivity contribution in [3.63, 3.8) is 0 Å². The third-order valence-corrected chi connectivity index (χ3v) is 6.01. The van der Waals surface area contributed by atoms with Crippen molar-refractivity contribution in [3.05, 3.63) is 44.6 Å². The maximum atomic E-state index is 13.3. The Morgan fingerprint density at radius 1 is 1.19 bits per heavy atom. The summed E-state index contributed by atoms with van der Waals surface area (Å²) in [5.74, 6) is 0.469. The summed E-state index contributed by atoms with van der Waals surface area (Å²) in [7, 11) is 0. The minimum absolute atomic E-state index is 0.0743. The fourth-order valence-electron chi connectivity index (χ4n) is 4.57. The van der Waals surface area contributed by atoms with Crippen LogP contribution in [0.1, 0.15) is 41.3 Å². The van der Waals surface area contributed by atoms with Gasteiger partial charge in [-0.1, -0.05) is 0 Å². The third-order valence-electron chi connectivity index (χ3n) is 6.01. The third kappa shape index (κ3) is 3.30. The molecule has 31 heavy (non-hydrogen) atoms. The van der Waals surface area contributed by atoms with E-state index in [2.05, 4.69) is 10.2 Å². The zero-order chi connectivity index (χ0) is 22.3. The minimum atomic E-state index is -1.69. The molecule has 3 N–H and O–H groups in total. The lowest BCUT2D eigenvalue weighted by Gasteiger charge is -2.34. The smallest absolute Gasteiger partial charge is 0.288 e. The number of rotatable bonds is 6. The van der Waals surface area contributed by atoms with Crippen molar-refractivity contribution in [1.82, 2.24) is 9.80 Å². The largest absolute Gasteiger partial charge is 0.395 e. The molecular weight excluding hydrogens is 402 g/mol. The number of nitrogens with one attached hydrogen (secondary N) is 1. The molecule has 2 aliphatic heterocycles. The Bertz CT molecular complexity index is 1070. The van der Waals surface area contributed by atoms with Gasteiger partial charge in [0.05, 0.1) is 11.1 Å². The van der Waals surface area contributed by atoms with Crippen LogP contribution in [0.5, 0.6) is 0 Å². The molecular formula is C21H23N5O5. The van der Waals surface area contributed by atoms with Crippen LogP contribution in [-0.2, 0) is 9.59 Å². The quantitative estimate of drug-likeness (QED) is 0.294. The second kappa shape index (κ2) is 7.98. The first-order valence-electron chi connectivity index (χ1n) is 10.3. The summed E-state index contributed by atoms with van der Waals surface area (Å²) in [5, 5.41) is 14.8. The van der Waals surface area contributed by atoms with Crippen LogP contribution in [0.3, 0.4) is 0 Å². The molecule has 2 amide bonds. The van der Waals surface area contributed by atoms with Crippen molar-refractivity contribution in [1.29, 1.82) is 0 Å². The number of carbonyl (C=O) groups excluding carboxylic acids is 3. The van der Waals surface area contributed by atoms with E-state index in [0.717, 1.165) is 30.8 Å². The van der Waals surface area contributed by atoms with E-state index in [9.17, 15) is 24.5 Å². The van der Waals surface area contributed by atoms with E-state index in [1.54, 1.807) is 12.0 Å². The highest BCUT2D eigenvalue weighted by Gasteiger charge is 2.47. The van der Waals surface area contributed by atoms with Gasteiger partial charge in [-0.25, -0.2) is 4.79 Å². The highest BCUT2D eigenvalue weighted by molar-refractivity contribution is 6.34. The Balaban J connectivity index is 1.88. The molecule has 1 atom stereocenters. The van der Waals surface area contributed by atoms with Crippen LogP contribution in [0, 0.1) is 10.1 Å². The number of imide groups is 1. The van der Waals surface area contributed by atoms with Crippen molar-refractivity contribution in [2.75, 3.05) is 38.0 Å². The summed E-state index contributed by atoms with van der Waals surface area (Å²) < 4.78 is 0. The Hall–Kier alpha value is -3.49. The summed E-state index contributed by atoms with van der Waals surface area (Å²) in [6.45, 7) is 4.89.